The first-order chi connectivity index (χ1) is 7.36. The van der Waals surface area contributed by atoms with Crippen LogP contribution < -0.4 is 0 Å². The Morgan fingerprint density at radius 2 is 2.13 bits per heavy atom. The molecule has 0 saturated carbocycles. The normalized spacial score (nSPS) is 20.7. The number of fused-ring (bicyclic) bond motifs is 2. The third-order valence-corrected chi connectivity index (χ3v) is 4.13. The zero-order valence-corrected chi connectivity index (χ0v) is 9.04. The Hall–Kier alpha value is -1.40. The van der Waals surface area contributed by atoms with Crippen LogP contribution in [-0.4, -0.2) is 6.61 Å². The molecule has 3 heteroatoms. The molecule has 0 saturated heterocycles. The van der Waals surface area contributed by atoms with Gasteiger partial charge in [0, 0.05) is 5.56 Å². The summed E-state index contributed by atoms with van der Waals surface area (Å²) in [5.41, 5.74) is 4.01. The fraction of sp³-hybridized carbons (Fsp3) is 0.167. The van der Waals surface area contributed by atoms with E-state index in [9.17, 15) is 4.57 Å². The van der Waals surface area contributed by atoms with Gasteiger partial charge in [0.15, 0.2) is 6.16 Å². The van der Waals surface area contributed by atoms with E-state index in [0.29, 0.717) is 18.3 Å². The van der Waals surface area contributed by atoms with Crippen molar-refractivity contribution in [2.75, 3.05) is 6.61 Å². The fourth-order valence-corrected chi connectivity index (χ4v) is 3.41. The molecule has 3 rings (SSSR count). The number of hydrogen-bond donors (Lipinski definition) is 0. The van der Waals surface area contributed by atoms with Crippen molar-refractivity contribution in [3.63, 3.8) is 0 Å². The van der Waals surface area contributed by atoms with Crippen molar-refractivity contribution in [2.45, 2.75) is 6.16 Å². The maximum atomic E-state index is 11.9. The van der Waals surface area contributed by atoms with Gasteiger partial charge in [0.05, 0.1) is 5.57 Å². The van der Waals surface area contributed by atoms with Crippen LogP contribution in [0.3, 0.4) is 0 Å². The molecule has 1 unspecified atom stereocenters. The summed E-state index contributed by atoms with van der Waals surface area (Å²) in [6, 6.07) is 8.09. The van der Waals surface area contributed by atoms with Gasteiger partial charge in [-0.1, -0.05) is 28.8 Å². The highest BCUT2D eigenvalue weighted by atomic mass is 31.1. The minimum absolute atomic E-state index is 0.544. The van der Waals surface area contributed by atoms with Gasteiger partial charge < -0.3 is 4.74 Å². The average molecular weight is 217 g/mol. The Morgan fingerprint density at radius 3 is 3.07 bits per heavy atom. The summed E-state index contributed by atoms with van der Waals surface area (Å²) in [5.74, 6) is 0. The molecule has 0 fully saturated rings. The standard InChI is InChI=1S/C12H10O2P/c13-15-8-9-4-1-2-5-10(9)11-6-3-7-14-12(11)15/h1-6H,7-8H2/q+1. The van der Waals surface area contributed by atoms with E-state index in [1.165, 1.54) is 0 Å². The quantitative estimate of drug-likeness (QED) is 0.623. The van der Waals surface area contributed by atoms with Gasteiger partial charge in [0.2, 0.25) is 0 Å². The first-order valence-corrected chi connectivity index (χ1v) is 6.37. The van der Waals surface area contributed by atoms with Gasteiger partial charge in [-0.3, -0.25) is 0 Å². The summed E-state index contributed by atoms with van der Waals surface area (Å²) in [5, 5.41) is 0. The molecule has 0 aromatic heterocycles. The van der Waals surface area contributed by atoms with Gasteiger partial charge in [-0.05, 0) is 17.7 Å². The second-order valence-electron chi connectivity index (χ2n) is 3.63. The van der Waals surface area contributed by atoms with E-state index in [4.69, 9.17) is 4.74 Å². The first-order valence-electron chi connectivity index (χ1n) is 4.93. The molecule has 0 N–H and O–H groups in total. The van der Waals surface area contributed by atoms with E-state index < -0.39 is 7.80 Å². The Balaban J connectivity index is 2.25. The molecular formula is C12H10O2P+. The molecule has 0 amide bonds. The van der Waals surface area contributed by atoms with Crippen LogP contribution in [0.2, 0.25) is 0 Å². The zero-order valence-electron chi connectivity index (χ0n) is 8.14. The van der Waals surface area contributed by atoms with Gasteiger partial charge in [0.25, 0.3) is 0 Å². The molecule has 15 heavy (non-hydrogen) atoms. The lowest BCUT2D eigenvalue weighted by atomic mass is 10.0. The Bertz CT molecular complexity index is 500. The molecule has 1 aromatic rings. The Labute approximate surface area is 89.0 Å². The largest absolute Gasteiger partial charge is 0.454 e. The number of allylic oxidation sites excluding steroid dienone is 2. The zero-order chi connectivity index (χ0) is 10.3. The number of benzene rings is 1. The predicted molar refractivity (Wildman–Crippen MR) is 59.8 cm³/mol. The molecule has 0 bridgehead atoms. The molecule has 0 aliphatic carbocycles. The number of hydrogen-bond acceptors (Lipinski definition) is 2. The summed E-state index contributed by atoms with van der Waals surface area (Å²) in [7, 11) is -1.38. The third kappa shape index (κ3) is 1.33. The summed E-state index contributed by atoms with van der Waals surface area (Å²) < 4.78 is 17.4. The maximum absolute atomic E-state index is 11.9. The lowest BCUT2D eigenvalue weighted by Gasteiger charge is -2.16. The highest BCUT2D eigenvalue weighted by molar-refractivity contribution is 7.48. The molecule has 74 valence electrons. The van der Waals surface area contributed by atoms with Crippen molar-refractivity contribution in [1.82, 2.24) is 0 Å². The molecular weight excluding hydrogens is 207 g/mol. The topological polar surface area (TPSA) is 26.3 Å². The average Bonchev–Trinajstić information content (AvgIpc) is 2.30. The second-order valence-corrected chi connectivity index (χ2v) is 5.11. The lowest BCUT2D eigenvalue weighted by Crippen LogP contribution is -2.05. The molecule has 2 nitrogen and oxygen atoms in total. The van der Waals surface area contributed by atoms with Crippen molar-refractivity contribution in [2.24, 2.45) is 0 Å². The number of rotatable bonds is 0. The SMILES string of the molecule is O=[P+]1Cc2ccccc2C2=C1OCC=C2. The highest BCUT2D eigenvalue weighted by Crippen LogP contribution is 2.48. The summed E-state index contributed by atoms with van der Waals surface area (Å²) in [4.78, 5) is 0. The molecule has 2 aliphatic rings. The van der Waals surface area contributed by atoms with E-state index in [2.05, 4.69) is 6.07 Å². The van der Waals surface area contributed by atoms with Crippen LogP contribution in [0, 0.1) is 0 Å². The molecule has 1 atom stereocenters. The van der Waals surface area contributed by atoms with Gasteiger partial charge in [-0.2, -0.15) is 0 Å². The van der Waals surface area contributed by atoms with Crippen molar-refractivity contribution in [3.8, 4) is 0 Å². The second kappa shape index (κ2) is 3.32. The fourth-order valence-electron chi connectivity index (χ4n) is 2.00. The number of ether oxygens (including phenoxy) is 1. The third-order valence-electron chi connectivity index (χ3n) is 2.68. The summed E-state index contributed by atoms with van der Waals surface area (Å²) in [6.45, 7) is 0.544. The van der Waals surface area contributed by atoms with Crippen LogP contribution in [0.25, 0.3) is 5.57 Å². The minimum Gasteiger partial charge on any atom is -0.454 e. The molecule has 2 aliphatic heterocycles. The first kappa shape index (κ1) is 8.87. The van der Waals surface area contributed by atoms with Crippen LogP contribution in [0.1, 0.15) is 11.1 Å². The molecule has 0 radical (unpaired) electrons. The molecule has 1 aromatic carbocycles. The highest BCUT2D eigenvalue weighted by Gasteiger charge is 2.37. The van der Waals surface area contributed by atoms with Crippen molar-refractivity contribution in [3.05, 3.63) is 53.0 Å². The van der Waals surface area contributed by atoms with E-state index in [-0.39, 0.29) is 0 Å². The van der Waals surface area contributed by atoms with E-state index >= 15 is 0 Å². The smallest absolute Gasteiger partial charge is 0.420 e. The van der Waals surface area contributed by atoms with Gasteiger partial charge in [-0.25, -0.2) is 0 Å². The van der Waals surface area contributed by atoms with Crippen LogP contribution in [0.4, 0.5) is 0 Å². The van der Waals surface area contributed by atoms with E-state index in [1.807, 2.05) is 30.4 Å². The predicted octanol–water partition coefficient (Wildman–Crippen LogP) is 3.28. The van der Waals surface area contributed by atoms with Crippen molar-refractivity contribution < 1.29 is 9.30 Å². The molecule has 0 spiro atoms. The lowest BCUT2D eigenvalue weighted by molar-refractivity contribution is 0.271. The van der Waals surface area contributed by atoms with Gasteiger partial charge >= 0.3 is 13.3 Å². The van der Waals surface area contributed by atoms with Crippen LogP contribution in [0.15, 0.2) is 41.9 Å². The van der Waals surface area contributed by atoms with E-state index in [0.717, 1.165) is 16.7 Å². The Kier molecular flexibility index (Phi) is 1.96. The van der Waals surface area contributed by atoms with Crippen LogP contribution in [0.5, 0.6) is 0 Å². The minimum atomic E-state index is -1.38. The van der Waals surface area contributed by atoms with Gasteiger partial charge in [0.1, 0.15) is 6.61 Å². The summed E-state index contributed by atoms with van der Waals surface area (Å²) >= 11 is 0. The monoisotopic (exact) mass is 217 g/mol. The summed E-state index contributed by atoms with van der Waals surface area (Å²) in [6.07, 6.45) is 4.59. The van der Waals surface area contributed by atoms with E-state index in [1.54, 1.807) is 0 Å². The molecule has 2 heterocycles. The van der Waals surface area contributed by atoms with Gasteiger partial charge in [-0.15, -0.1) is 0 Å². The van der Waals surface area contributed by atoms with Crippen LogP contribution >= 0.6 is 7.80 Å². The van der Waals surface area contributed by atoms with Crippen molar-refractivity contribution >= 4 is 13.4 Å². The van der Waals surface area contributed by atoms with Crippen molar-refractivity contribution in [1.29, 1.82) is 0 Å². The van der Waals surface area contributed by atoms with Crippen LogP contribution in [-0.2, 0) is 15.5 Å². The Morgan fingerprint density at radius 1 is 1.27 bits per heavy atom. The maximum Gasteiger partial charge on any atom is 0.420 e.